The van der Waals surface area contributed by atoms with Gasteiger partial charge in [-0.3, -0.25) is 4.79 Å². The largest absolute Gasteiger partial charge is 0.488 e. The van der Waals surface area contributed by atoms with Crippen LogP contribution in [0.1, 0.15) is 21.5 Å². The Morgan fingerprint density at radius 3 is 2.75 bits per heavy atom. The molecule has 20 heavy (non-hydrogen) atoms. The van der Waals surface area contributed by atoms with Crippen molar-refractivity contribution >= 4 is 28.9 Å². The van der Waals surface area contributed by atoms with Gasteiger partial charge >= 0.3 is 5.97 Å². The minimum Gasteiger partial charge on any atom is -0.488 e. The van der Waals surface area contributed by atoms with Gasteiger partial charge in [0.25, 0.3) is 0 Å². The maximum absolute atomic E-state index is 11.0. The number of carboxylic acid groups (broad SMARTS) is 1. The van der Waals surface area contributed by atoms with Gasteiger partial charge in [0.15, 0.2) is 0 Å². The van der Waals surface area contributed by atoms with E-state index in [2.05, 4.69) is 5.32 Å². The zero-order valence-electron chi connectivity index (χ0n) is 10.8. The Morgan fingerprint density at radius 1 is 1.30 bits per heavy atom. The number of nitrogens with one attached hydrogen (secondary N) is 1. The van der Waals surface area contributed by atoms with Crippen LogP contribution in [-0.2, 0) is 11.4 Å². The molecule has 0 aliphatic carbocycles. The monoisotopic (exact) mass is 291 g/mol. The minimum atomic E-state index is -0.936. The van der Waals surface area contributed by atoms with Gasteiger partial charge in [-0.2, -0.15) is 0 Å². The summed E-state index contributed by atoms with van der Waals surface area (Å²) in [4.78, 5) is 22.8. The second-order valence-corrected chi connectivity index (χ2v) is 5.24. The number of hydrogen-bond donors (Lipinski definition) is 2. The molecule has 1 aromatic heterocycles. The highest BCUT2D eigenvalue weighted by Crippen LogP contribution is 2.21. The molecule has 2 N–H and O–H groups in total. The van der Waals surface area contributed by atoms with Crippen molar-refractivity contribution in [1.29, 1.82) is 0 Å². The fourth-order valence-corrected chi connectivity index (χ4v) is 2.35. The van der Waals surface area contributed by atoms with E-state index in [1.165, 1.54) is 18.3 Å². The van der Waals surface area contributed by atoms with Crippen molar-refractivity contribution in [2.24, 2.45) is 0 Å². The van der Waals surface area contributed by atoms with Crippen LogP contribution in [-0.4, -0.2) is 17.0 Å². The summed E-state index contributed by atoms with van der Waals surface area (Å²) in [5.74, 6) is -0.470. The predicted molar refractivity (Wildman–Crippen MR) is 76.4 cm³/mol. The highest BCUT2D eigenvalue weighted by Gasteiger charge is 2.07. The average molecular weight is 291 g/mol. The topological polar surface area (TPSA) is 75.6 Å². The summed E-state index contributed by atoms with van der Waals surface area (Å²) in [7, 11) is 0. The van der Waals surface area contributed by atoms with Crippen molar-refractivity contribution in [2.45, 2.75) is 13.5 Å². The Bertz CT molecular complexity index is 636. The number of hydrogen-bond acceptors (Lipinski definition) is 4. The Morgan fingerprint density at radius 2 is 2.10 bits per heavy atom. The standard InChI is InChI=1S/C14H13NO4S/c1-9(16)15-10-3-2-4-11(7-10)19-8-12-5-6-13(20-12)14(17)18/h2-7H,8H2,1H3,(H,15,16)(H,17,18). The van der Waals surface area contributed by atoms with Gasteiger partial charge in [0.2, 0.25) is 5.91 Å². The fraction of sp³-hybridized carbons (Fsp3) is 0.143. The number of carbonyl (C=O) groups is 2. The average Bonchev–Trinajstić information content (AvgIpc) is 2.85. The lowest BCUT2D eigenvalue weighted by Gasteiger charge is -2.07. The van der Waals surface area contributed by atoms with Crippen LogP contribution in [0.4, 0.5) is 5.69 Å². The molecule has 0 unspecified atom stereocenters. The molecule has 0 saturated carbocycles. The number of rotatable bonds is 5. The lowest BCUT2D eigenvalue weighted by Crippen LogP contribution is -2.05. The summed E-state index contributed by atoms with van der Waals surface area (Å²) in [6, 6.07) is 10.3. The SMILES string of the molecule is CC(=O)Nc1cccc(OCc2ccc(C(=O)O)s2)c1. The first-order valence-electron chi connectivity index (χ1n) is 5.87. The normalized spacial score (nSPS) is 10.1. The highest BCUT2D eigenvalue weighted by molar-refractivity contribution is 7.13. The van der Waals surface area contributed by atoms with Gasteiger partial charge in [0, 0.05) is 23.6 Å². The van der Waals surface area contributed by atoms with Crippen molar-refractivity contribution in [1.82, 2.24) is 0 Å². The van der Waals surface area contributed by atoms with E-state index in [9.17, 15) is 9.59 Å². The van der Waals surface area contributed by atoms with Crippen molar-refractivity contribution in [3.8, 4) is 5.75 Å². The lowest BCUT2D eigenvalue weighted by molar-refractivity contribution is -0.114. The summed E-state index contributed by atoms with van der Waals surface area (Å²) >= 11 is 1.18. The van der Waals surface area contributed by atoms with Gasteiger partial charge in [-0.25, -0.2) is 4.79 Å². The van der Waals surface area contributed by atoms with Crippen molar-refractivity contribution in [3.63, 3.8) is 0 Å². The van der Waals surface area contributed by atoms with E-state index in [0.29, 0.717) is 18.0 Å². The first-order chi connectivity index (χ1) is 9.54. The number of thiophene rings is 1. The van der Waals surface area contributed by atoms with E-state index in [1.807, 2.05) is 0 Å². The second kappa shape index (κ2) is 6.21. The van der Waals surface area contributed by atoms with E-state index < -0.39 is 5.97 Å². The summed E-state index contributed by atoms with van der Waals surface area (Å²) in [6.45, 7) is 1.73. The van der Waals surface area contributed by atoms with Gasteiger partial charge in [-0.1, -0.05) is 6.07 Å². The zero-order chi connectivity index (χ0) is 14.5. The fourth-order valence-electron chi connectivity index (χ4n) is 1.59. The van der Waals surface area contributed by atoms with E-state index in [0.717, 1.165) is 4.88 Å². The van der Waals surface area contributed by atoms with Crippen LogP contribution < -0.4 is 10.1 Å². The summed E-state index contributed by atoms with van der Waals surface area (Å²) in [5, 5.41) is 11.5. The number of amides is 1. The molecule has 6 heteroatoms. The van der Waals surface area contributed by atoms with E-state index in [4.69, 9.17) is 9.84 Å². The first-order valence-corrected chi connectivity index (χ1v) is 6.69. The van der Waals surface area contributed by atoms with Gasteiger partial charge in [0.05, 0.1) is 0 Å². The molecule has 2 aromatic rings. The van der Waals surface area contributed by atoms with Gasteiger partial charge in [-0.05, 0) is 24.3 Å². The van der Waals surface area contributed by atoms with Crippen LogP contribution in [0.15, 0.2) is 36.4 Å². The molecule has 2 rings (SSSR count). The van der Waals surface area contributed by atoms with E-state index in [1.54, 1.807) is 36.4 Å². The number of ether oxygens (including phenoxy) is 1. The zero-order valence-corrected chi connectivity index (χ0v) is 11.6. The third kappa shape index (κ3) is 3.83. The maximum Gasteiger partial charge on any atom is 0.345 e. The highest BCUT2D eigenvalue weighted by atomic mass is 32.1. The van der Waals surface area contributed by atoms with Crippen LogP contribution in [0, 0.1) is 0 Å². The molecule has 0 atom stereocenters. The smallest absolute Gasteiger partial charge is 0.345 e. The number of benzene rings is 1. The minimum absolute atomic E-state index is 0.147. The Kier molecular flexibility index (Phi) is 4.37. The lowest BCUT2D eigenvalue weighted by atomic mass is 10.3. The number of aromatic carboxylic acids is 1. The quantitative estimate of drug-likeness (QED) is 0.888. The third-order valence-electron chi connectivity index (χ3n) is 2.41. The molecule has 0 saturated heterocycles. The molecule has 0 bridgehead atoms. The third-order valence-corrected chi connectivity index (χ3v) is 3.45. The second-order valence-electron chi connectivity index (χ2n) is 4.07. The first kappa shape index (κ1) is 14.1. The Hall–Kier alpha value is -2.34. The molecule has 0 fully saturated rings. The van der Waals surface area contributed by atoms with Crippen LogP contribution in [0.25, 0.3) is 0 Å². The summed E-state index contributed by atoms with van der Waals surface area (Å²) < 4.78 is 5.57. The molecular formula is C14H13NO4S. The van der Waals surface area contributed by atoms with Crippen LogP contribution >= 0.6 is 11.3 Å². The molecular weight excluding hydrogens is 278 g/mol. The van der Waals surface area contributed by atoms with Gasteiger partial charge in [-0.15, -0.1) is 11.3 Å². The Labute approximate surface area is 119 Å². The molecule has 0 radical (unpaired) electrons. The molecule has 0 aliphatic rings. The van der Waals surface area contributed by atoms with Crippen molar-refractivity contribution in [2.75, 3.05) is 5.32 Å². The maximum atomic E-state index is 11.0. The van der Waals surface area contributed by atoms with Crippen molar-refractivity contribution in [3.05, 3.63) is 46.2 Å². The van der Waals surface area contributed by atoms with Crippen molar-refractivity contribution < 1.29 is 19.4 Å². The number of anilines is 1. The Balaban J connectivity index is 1.99. The van der Waals surface area contributed by atoms with Crippen LogP contribution in [0.3, 0.4) is 0 Å². The summed E-state index contributed by atoms with van der Waals surface area (Å²) in [5.41, 5.74) is 0.660. The number of carbonyl (C=O) groups excluding carboxylic acids is 1. The summed E-state index contributed by atoms with van der Waals surface area (Å²) in [6.07, 6.45) is 0. The molecule has 104 valence electrons. The molecule has 0 spiro atoms. The molecule has 1 amide bonds. The molecule has 0 aliphatic heterocycles. The number of carboxylic acids is 1. The van der Waals surface area contributed by atoms with Gasteiger partial charge in [0.1, 0.15) is 17.2 Å². The predicted octanol–water partition coefficient (Wildman–Crippen LogP) is 2.98. The van der Waals surface area contributed by atoms with Crippen LogP contribution in [0.2, 0.25) is 0 Å². The van der Waals surface area contributed by atoms with E-state index in [-0.39, 0.29) is 10.8 Å². The molecule has 1 heterocycles. The van der Waals surface area contributed by atoms with Gasteiger partial charge < -0.3 is 15.2 Å². The van der Waals surface area contributed by atoms with Crippen LogP contribution in [0.5, 0.6) is 5.75 Å². The molecule has 5 nitrogen and oxygen atoms in total. The molecule has 1 aromatic carbocycles. The van der Waals surface area contributed by atoms with E-state index >= 15 is 0 Å².